The summed E-state index contributed by atoms with van der Waals surface area (Å²) in [7, 11) is 0. The Morgan fingerprint density at radius 1 is 0.800 bits per heavy atom. The number of halogens is 1. The molecule has 0 spiro atoms. The summed E-state index contributed by atoms with van der Waals surface area (Å²) in [6.45, 7) is 0. The highest BCUT2D eigenvalue weighted by molar-refractivity contribution is 5.34. The summed E-state index contributed by atoms with van der Waals surface area (Å²) < 4.78 is 18.0. The zero-order valence-corrected chi connectivity index (χ0v) is 7.81. The molecule has 0 aromatic heterocycles. The molecular formula is C12H8FO2. The van der Waals surface area contributed by atoms with Crippen LogP contribution in [0, 0.1) is 5.82 Å². The molecule has 0 heterocycles. The number of hydrogen-bond acceptors (Lipinski definition) is 1. The van der Waals surface area contributed by atoms with Crippen LogP contribution in [0.5, 0.6) is 17.2 Å². The van der Waals surface area contributed by atoms with Crippen LogP contribution in [0.3, 0.4) is 0 Å². The molecule has 0 atom stereocenters. The van der Waals surface area contributed by atoms with Crippen LogP contribution >= 0.6 is 0 Å². The maximum Gasteiger partial charge on any atom is 0.178 e. The van der Waals surface area contributed by atoms with E-state index in [4.69, 9.17) is 4.74 Å². The molecule has 1 radical (unpaired) electrons. The van der Waals surface area contributed by atoms with Crippen molar-refractivity contribution in [3.05, 3.63) is 54.3 Å². The third-order valence-corrected chi connectivity index (χ3v) is 1.87. The van der Waals surface area contributed by atoms with Crippen LogP contribution in [0.2, 0.25) is 0 Å². The fourth-order valence-corrected chi connectivity index (χ4v) is 1.15. The molecule has 0 saturated heterocycles. The van der Waals surface area contributed by atoms with Crippen molar-refractivity contribution in [2.24, 2.45) is 0 Å². The molecule has 2 aromatic rings. The predicted molar refractivity (Wildman–Crippen MR) is 53.0 cm³/mol. The molecule has 0 saturated carbocycles. The molecule has 75 valence electrons. The highest BCUT2D eigenvalue weighted by atomic mass is 19.1. The third-order valence-electron chi connectivity index (χ3n) is 1.87. The summed E-state index contributed by atoms with van der Waals surface area (Å²) in [6.07, 6.45) is 0. The van der Waals surface area contributed by atoms with Gasteiger partial charge < -0.3 is 4.74 Å². The summed E-state index contributed by atoms with van der Waals surface area (Å²) in [4.78, 5) is 0. The zero-order valence-electron chi connectivity index (χ0n) is 7.81. The van der Waals surface area contributed by atoms with Gasteiger partial charge >= 0.3 is 0 Å². The molecule has 3 heteroatoms. The molecule has 0 aliphatic heterocycles. The van der Waals surface area contributed by atoms with E-state index >= 15 is 0 Å². The first-order chi connectivity index (χ1) is 7.24. The highest BCUT2D eigenvalue weighted by Gasteiger charge is 1.98. The second-order valence-electron chi connectivity index (χ2n) is 3.03. The first-order valence-corrected chi connectivity index (χ1v) is 4.44. The van der Waals surface area contributed by atoms with Crippen LogP contribution in [0.4, 0.5) is 4.39 Å². The minimum Gasteiger partial charge on any atom is -0.457 e. The fraction of sp³-hybridized carbons (Fsp3) is 0. The van der Waals surface area contributed by atoms with Gasteiger partial charge in [-0.05, 0) is 48.5 Å². The van der Waals surface area contributed by atoms with E-state index in [0.29, 0.717) is 11.5 Å². The quantitative estimate of drug-likeness (QED) is 0.730. The number of hydrogen-bond donors (Lipinski definition) is 0. The van der Waals surface area contributed by atoms with E-state index in [9.17, 15) is 9.50 Å². The molecule has 0 N–H and O–H groups in total. The maximum atomic E-state index is 12.6. The summed E-state index contributed by atoms with van der Waals surface area (Å²) in [5, 5.41) is 10.8. The Hall–Kier alpha value is -2.03. The topological polar surface area (TPSA) is 29.1 Å². The monoisotopic (exact) mass is 203 g/mol. The Bertz CT molecular complexity index is 391. The van der Waals surface area contributed by atoms with E-state index in [-0.39, 0.29) is 11.6 Å². The zero-order chi connectivity index (χ0) is 10.7. The van der Waals surface area contributed by atoms with Crippen molar-refractivity contribution in [3.8, 4) is 17.2 Å². The molecule has 15 heavy (non-hydrogen) atoms. The summed E-state index contributed by atoms with van der Waals surface area (Å²) in [6, 6.07) is 11.7. The predicted octanol–water partition coefficient (Wildman–Crippen LogP) is 3.76. The van der Waals surface area contributed by atoms with E-state index < -0.39 is 0 Å². The van der Waals surface area contributed by atoms with E-state index in [0.717, 1.165) is 0 Å². The number of benzene rings is 2. The molecule has 0 aliphatic carbocycles. The van der Waals surface area contributed by atoms with Crippen LogP contribution in [0.25, 0.3) is 0 Å². The van der Waals surface area contributed by atoms with Crippen molar-refractivity contribution in [2.75, 3.05) is 0 Å². The van der Waals surface area contributed by atoms with Crippen LogP contribution < -0.4 is 4.74 Å². The van der Waals surface area contributed by atoms with Crippen molar-refractivity contribution in [1.82, 2.24) is 0 Å². The maximum absolute atomic E-state index is 12.6. The minimum atomic E-state index is -0.308. The molecule has 0 unspecified atom stereocenters. The Morgan fingerprint density at radius 3 is 1.80 bits per heavy atom. The van der Waals surface area contributed by atoms with Crippen LogP contribution in [0.1, 0.15) is 0 Å². The molecule has 2 rings (SSSR count). The number of ether oxygens (including phenoxy) is 1. The van der Waals surface area contributed by atoms with Crippen LogP contribution in [0.15, 0.2) is 48.5 Å². The average Bonchev–Trinajstić information content (AvgIpc) is 2.25. The van der Waals surface area contributed by atoms with Gasteiger partial charge in [-0.15, -0.1) is 0 Å². The van der Waals surface area contributed by atoms with E-state index in [1.54, 1.807) is 12.1 Å². The molecule has 2 aromatic carbocycles. The van der Waals surface area contributed by atoms with Gasteiger partial charge in [-0.3, -0.25) is 5.11 Å². The first kappa shape index (κ1) is 9.52. The first-order valence-electron chi connectivity index (χ1n) is 4.44. The third kappa shape index (κ3) is 2.47. The van der Waals surface area contributed by atoms with Gasteiger partial charge in [0.15, 0.2) is 5.75 Å². The van der Waals surface area contributed by atoms with E-state index in [2.05, 4.69) is 0 Å². The SMILES string of the molecule is [O]c1ccc(Oc2ccc(F)cc2)cc1. The van der Waals surface area contributed by atoms with Gasteiger partial charge in [0.1, 0.15) is 17.3 Å². The van der Waals surface area contributed by atoms with Gasteiger partial charge in [-0.1, -0.05) is 0 Å². The lowest BCUT2D eigenvalue weighted by molar-refractivity contribution is 0.354. The van der Waals surface area contributed by atoms with Gasteiger partial charge in [0.25, 0.3) is 0 Å². The summed E-state index contributed by atoms with van der Waals surface area (Å²) >= 11 is 0. The molecule has 0 amide bonds. The Labute approximate surface area is 86.6 Å². The summed E-state index contributed by atoms with van der Waals surface area (Å²) in [5.74, 6) is 0.718. The standard InChI is InChI=1S/C12H8FO2/c13-9-1-5-11(6-2-9)15-12-7-3-10(14)4-8-12/h1-8H. The fourth-order valence-electron chi connectivity index (χ4n) is 1.15. The lowest BCUT2D eigenvalue weighted by Gasteiger charge is -2.04. The van der Waals surface area contributed by atoms with Gasteiger partial charge in [-0.25, -0.2) is 4.39 Å². The smallest absolute Gasteiger partial charge is 0.178 e. The summed E-state index contributed by atoms with van der Waals surface area (Å²) in [5.41, 5.74) is 0. The second-order valence-corrected chi connectivity index (χ2v) is 3.03. The molecular weight excluding hydrogens is 195 g/mol. The Kier molecular flexibility index (Phi) is 2.54. The normalized spacial score (nSPS) is 9.93. The highest BCUT2D eigenvalue weighted by Crippen LogP contribution is 2.23. The van der Waals surface area contributed by atoms with Crippen molar-refractivity contribution >= 4 is 0 Å². The number of rotatable bonds is 2. The Balaban J connectivity index is 2.15. The van der Waals surface area contributed by atoms with Gasteiger partial charge in [0.2, 0.25) is 0 Å². The van der Waals surface area contributed by atoms with Crippen molar-refractivity contribution < 1.29 is 14.2 Å². The molecule has 2 nitrogen and oxygen atoms in total. The second kappa shape index (κ2) is 4.00. The van der Waals surface area contributed by atoms with Gasteiger partial charge in [0, 0.05) is 0 Å². The molecule has 0 aliphatic rings. The Morgan fingerprint density at radius 2 is 1.27 bits per heavy atom. The van der Waals surface area contributed by atoms with E-state index in [1.807, 2.05) is 0 Å². The molecule has 0 bridgehead atoms. The largest absolute Gasteiger partial charge is 0.457 e. The molecule has 0 fully saturated rings. The van der Waals surface area contributed by atoms with Crippen molar-refractivity contribution in [2.45, 2.75) is 0 Å². The lowest BCUT2D eigenvalue weighted by atomic mass is 10.3. The van der Waals surface area contributed by atoms with Crippen LogP contribution in [-0.4, -0.2) is 0 Å². The average molecular weight is 203 g/mol. The van der Waals surface area contributed by atoms with Gasteiger partial charge in [0.05, 0.1) is 0 Å². The van der Waals surface area contributed by atoms with Gasteiger partial charge in [-0.2, -0.15) is 0 Å². The van der Waals surface area contributed by atoms with Crippen molar-refractivity contribution in [1.29, 1.82) is 0 Å². The lowest BCUT2D eigenvalue weighted by Crippen LogP contribution is -1.83. The minimum absolute atomic E-state index is 0.0681. The van der Waals surface area contributed by atoms with E-state index in [1.165, 1.54) is 36.4 Å². The van der Waals surface area contributed by atoms with Crippen LogP contribution in [-0.2, 0) is 5.11 Å². The van der Waals surface area contributed by atoms with Crippen molar-refractivity contribution in [3.63, 3.8) is 0 Å².